The molecule has 446 valence electrons. The third-order valence-corrected chi connectivity index (χ3v) is 13.6. The Labute approximate surface area is 495 Å². The van der Waals surface area contributed by atoms with Crippen molar-refractivity contribution in [2.45, 2.75) is 132 Å². The number of carbonyl (C=O) groups is 6. The summed E-state index contributed by atoms with van der Waals surface area (Å²) in [7, 11) is 5.86. The van der Waals surface area contributed by atoms with Gasteiger partial charge < -0.3 is 39.9 Å². The predicted molar refractivity (Wildman–Crippen MR) is 317 cm³/mol. The second kappa shape index (κ2) is 36.9. The average molecular weight is 1190 g/mol. The van der Waals surface area contributed by atoms with E-state index in [2.05, 4.69) is 49.5 Å². The fraction of sp³-hybridized carbons (Fsp3) is 0.492. The zero-order chi connectivity index (χ0) is 58.7. The number of ether oxygens (including phenoxy) is 3. The SMILES string of the molecule is CNC(=O)c1ccc2c(c1)CCCN(C(=O)C(C)(C)C)C2.COC(=O)c1ccc2c(c1)CCCCC2.COC(=O)c1ccc2c(c1)CCCN(C(=O)C(C)(C)C)C2.COC(=O)c1ccc2c(c1)CCCNC2.Cl.Cl.N=NN=NCl.NO. The number of hydrogen-bond donors (Lipinski definition) is 5. The lowest BCUT2D eigenvalue weighted by Crippen LogP contribution is -2.39. The molecule has 1 aliphatic carbocycles. The topological polar surface area (TPSA) is 268 Å². The highest BCUT2D eigenvalue weighted by Crippen LogP contribution is 2.28. The molecule has 0 atom stereocenters. The molecule has 6 N–H and O–H groups in total. The number of nitrogens with one attached hydrogen (secondary N) is 3. The summed E-state index contributed by atoms with van der Waals surface area (Å²) in [6.07, 6.45) is 11.8. The number of hydrogen-bond acceptors (Lipinski definition) is 14. The maximum atomic E-state index is 12.5. The number of halogens is 3. The molecule has 19 nitrogen and oxygen atoms in total. The molecular formula is C59H84Cl3N9O10. The van der Waals surface area contributed by atoms with Crippen LogP contribution in [0.15, 0.2) is 87.9 Å². The Hall–Kier alpha value is -6.35. The van der Waals surface area contributed by atoms with Gasteiger partial charge in [0.2, 0.25) is 11.8 Å². The van der Waals surface area contributed by atoms with Crippen LogP contribution in [-0.4, -0.2) is 98.6 Å². The zero-order valence-electron chi connectivity index (χ0n) is 48.6. The summed E-state index contributed by atoms with van der Waals surface area (Å²) in [5, 5.41) is 17.6. The van der Waals surface area contributed by atoms with Crippen molar-refractivity contribution in [2.24, 2.45) is 31.8 Å². The van der Waals surface area contributed by atoms with Gasteiger partial charge in [-0.2, -0.15) is 5.53 Å². The molecule has 4 aliphatic rings. The van der Waals surface area contributed by atoms with Crippen LogP contribution >= 0.6 is 36.6 Å². The van der Waals surface area contributed by atoms with Gasteiger partial charge in [0, 0.05) is 56.2 Å². The number of esters is 3. The summed E-state index contributed by atoms with van der Waals surface area (Å²) in [5.74, 6) is 2.99. The molecule has 0 fully saturated rings. The van der Waals surface area contributed by atoms with Crippen molar-refractivity contribution < 1.29 is 48.2 Å². The zero-order valence-corrected chi connectivity index (χ0v) is 51.0. The highest BCUT2D eigenvalue weighted by atomic mass is 35.5. The van der Waals surface area contributed by atoms with Crippen LogP contribution in [-0.2, 0) is 75.5 Å². The minimum Gasteiger partial charge on any atom is -0.465 e. The summed E-state index contributed by atoms with van der Waals surface area (Å²) in [6.45, 7) is 16.4. The van der Waals surface area contributed by atoms with Gasteiger partial charge in [-0.25, -0.2) is 20.3 Å². The van der Waals surface area contributed by atoms with Gasteiger partial charge in [-0.05, 0) is 174 Å². The summed E-state index contributed by atoms with van der Waals surface area (Å²) < 4.78 is 16.8. The molecule has 81 heavy (non-hydrogen) atoms. The van der Waals surface area contributed by atoms with Crippen molar-refractivity contribution in [2.75, 3.05) is 48.0 Å². The number of methoxy groups -OCH3 is 3. The highest BCUT2D eigenvalue weighted by molar-refractivity contribution is 6.13. The monoisotopic (exact) mass is 1180 g/mol. The highest BCUT2D eigenvalue weighted by Gasteiger charge is 2.30. The minimum absolute atomic E-state index is 0. The summed E-state index contributed by atoms with van der Waals surface area (Å²) in [6, 6.07) is 23.1. The van der Waals surface area contributed by atoms with E-state index in [-0.39, 0.29) is 71.3 Å². The molecule has 0 saturated carbocycles. The van der Waals surface area contributed by atoms with Crippen LogP contribution in [0.5, 0.6) is 0 Å². The van der Waals surface area contributed by atoms with Gasteiger partial charge in [-0.15, -0.1) is 24.8 Å². The minimum atomic E-state index is -0.365. The van der Waals surface area contributed by atoms with Crippen molar-refractivity contribution in [3.05, 3.63) is 140 Å². The van der Waals surface area contributed by atoms with Crippen molar-refractivity contribution >= 4 is 72.2 Å². The lowest BCUT2D eigenvalue weighted by Gasteiger charge is -2.28. The Morgan fingerprint density at radius 3 is 1.31 bits per heavy atom. The van der Waals surface area contributed by atoms with E-state index in [9.17, 15) is 28.8 Å². The molecular weight excluding hydrogens is 1100 g/mol. The van der Waals surface area contributed by atoms with Crippen LogP contribution < -0.4 is 16.5 Å². The molecule has 4 aromatic carbocycles. The van der Waals surface area contributed by atoms with Gasteiger partial charge in [0.05, 0.1) is 49.8 Å². The van der Waals surface area contributed by atoms with Crippen LogP contribution in [0.1, 0.15) is 166 Å². The quantitative estimate of drug-likeness (QED) is 0.0411. The van der Waals surface area contributed by atoms with E-state index in [1.54, 1.807) is 13.1 Å². The number of rotatable bonds is 5. The van der Waals surface area contributed by atoms with Gasteiger partial charge in [-0.3, -0.25) is 14.4 Å². The number of amides is 3. The third kappa shape index (κ3) is 23.2. The Morgan fingerprint density at radius 2 is 0.914 bits per heavy atom. The summed E-state index contributed by atoms with van der Waals surface area (Å²) in [4.78, 5) is 74.8. The first-order valence-corrected chi connectivity index (χ1v) is 26.9. The van der Waals surface area contributed by atoms with Crippen LogP contribution in [0, 0.1) is 16.4 Å². The van der Waals surface area contributed by atoms with E-state index in [1.165, 1.54) is 68.4 Å². The number of nitrogens with zero attached hydrogens (tertiary/aromatic N) is 5. The first-order valence-electron chi connectivity index (χ1n) is 26.6. The lowest BCUT2D eigenvalue weighted by atomic mass is 9.94. The Morgan fingerprint density at radius 1 is 0.556 bits per heavy atom. The molecule has 0 radical (unpaired) electrons. The molecule has 3 heterocycles. The lowest BCUT2D eigenvalue weighted by molar-refractivity contribution is -0.140. The Balaban J connectivity index is 0.000000520. The maximum absolute atomic E-state index is 12.5. The first kappa shape index (κ1) is 72.7. The van der Waals surface area contributed by atoms with Gasteiger partial charge in [0.15, 0.2) is 0 Å². The molecule has 8 rings (SSSR count). The standard InChI is InChI=1S/C17H24N2O2.C17H23NO3.C13H16O2.C12H15NO2.ClHN4.2ClH.H3NO/c1-17(2,3)16(21)19-9-5-6-12-10-13(15(20)18-4)7-8-14(12)11-19;1-17(2,3)16(20)18-9-5-6-12-10-13(15(19)21-4)7-8-14(12)11-18;1-15-13(14)12-8-7-10-5-3-2-4-6-11(10)9-12;1-15-12(14)10-4-5-11-8-13-6-2-3-9(11)7-10;1-3-5-4-2;;;1-2/h7-8,10H,5-6,9,11H2,1-4H3,(H,18,20);7-8,10H,5-6,9,11H2,1-4H3;7-9H,2-6H2,1H3;4-5,7,13H,2-3,6,8H2,1H3;2H;2*1H;2H,1H2. The largest absolute Gasteiger partial charge is 0.465 e. The van der Waals surface area contributed by atoms with Gasteiger partial charge in [-0.1, -0.05) is 76.9 Å². The molecule has 0 bridgehead atoms. The number of nitrogens with two attached hydrogens (primary N) is 1. The molecule has 4 aromatic rings. The molecule has 0 saturated heterocycles. The Bertz CT molecular complexity index is 2560. The molecule has 0 spiro atoms. The molecule has 0 aromatic heterocycles. The first-order chi connectivity index (χ1) is 37.7. The molecule has 3 amide bonds. The van der Waals surface area contributed by atoms with Crippen molar-refractivity contribution in [3.8, 4) is 0 Å². The smallest absolute Gasteiger partial charge is 0.337 e. The summed E-state index contributed by atoms with van der Waals surface area (Å²) in [5.41, 5.74) is 17.6. The average Bonchev–Trinajstić information content (AvgIpc) is 4.02. The normalized spacial score (nSPS) is 14.1. The number of benzene rings is 4. The van der Waals surface area contributed by atoms with Crippen LogP contribution in [0.2, 0.25) is 0 Å². The van der Waals surface area contributed by atoms with E-state index in [1.807, 2.05) is 112 Å². The van der Waals surface area contributed by atoms with Crippen LogP contribution in [0.4, 0.5) is 0 Å². The predicted octanol–water partition coefficient (Wildman–Crippen LogP) is 11.1. The van der Waals surface area contributed by atoms with Crippen LogP contribution in [0.3, 0.4) is 0 Å². The third-order valence-electron chi connectivity index (χ3n) is 13.5. The van der Waals surface area contributed by atoms with E-state index in [4.69, 9.17) is 24.9 Å². The number of carbonyl (C=O) groups excluding carboxylic acids is 6. The fourth-order valence-electron chi connectivity index (χ4n) is 9.42. The Kier molecular flexibility index (Phi) is 33.1. The van der Waals surface area contributed by atoms with E-state index < -0.39 is 0 Å². The van der Waals surface area contributed by atoms with Gasteiger partial charge in [0.25, 0.3) is 5.91 Å². The second-order valence-electron chi connectivity index (χ2n) is 21.3. The van der Waals surface area contributed by atoms with E-state index in [0.717, 1.165) is 94.2 Å². The van der Waals surface area contributed by atoms with E-state index in [0.29, 0.717) is 35.3 Å². The van der Waals surface area contributed by atoms with Gasteiger partial charge in [0.1, 0.15) is 0 Å². The number of fused-ring (bicyclic) bond motifs is 4. The molecule has 22 heteroatoms. The second-order valence-corrected chi connectivity index (χ2v) is 21.4. The van der Waals surface area contributed by atoms with E-state index >= 15 is 0 Å². The van der Waals surface area contributed by atoms with Gasteiger partial charge >= 0.3 is 17.9 Å². The van der Waals surface area contributed by atoms with Crippen molar-refractivity contribution in [1.29, 1.82) is 5.53 Å². The van der Waals surface area contributed by atoms with Crippen molar-refractivity contribution in [3.63, 3.8) is 0 Å². The molecule has 0 unspecified atom stereocenters. The number of aryl methyl sites for hydroxylation is 5. The summed E-state index contributed by atoms with van der Waals surface area (Å²) >= 11 is 4.55. The fourth-order valence-corrected chi connectivity index (χ4v) is 9.45. The molecule has 3 aliphatic heterocycles. The van der Waals surface area contributed by atoms with Crippen LogP contribution in [0.25, 0.3) is 0 Å². The maximum Gasteiger partial charge on any atom is 0.337 e. The van der Waals surface area contributed by atoms with Crippen molar-refractivity contribution in [1.82, 2.24) is 20.4 Å².